The van der Waals surface area contributed by atoms with Crippen LogP contribution in [-0.2, 0) is 0 Å². The van der Waals surface area contributed by atoms with Crippen molar-refractivity contribution in [1.29, 1.82) is 0 Å². The van der Waals surface area contributed by atoms with Gasteiger partial charge >= 0.3 is 0 Å². The van der Waals surface area contributed by atoms with Gasteiger partial charge in [-0.3, -0.25) is 0 Å². The van der Waals surface area contributed by atoms with Crippen molar-refractivity contribution in [3.8, 4) is 39.1 Å². The monoisotopic (exact) mass is 701 g/mol. The average molecular weight is 702 g/mol. The van der Waals surface area contributed by atoms with E-state index in [1.54, 1.807) is 0 Å². The second-order valence-corrected chi connectivity index (χ2v) is 14.3. The first kappa shape index (κ1) is 30.1. The molecule has 0 unspecified atom stereocenters. The first-order valence-corrected chi connectivity index (χ1v) is 18.8. The zero-order valence-corrected chi connectivity index (χ0v) is 29.7. The van der Waals surface area contributed by atoms with Gasteiger partial charge in [0, 0.05) is 49.3 Å². The second kappa shape index (κ2) is 11.6. The minimum Gasteiger partial charge on any atom is -0.460 e. The first-order chi connectivity index (χ1) is 27.3. The fourth-order valence-corrected chi connectivity index (χ4v) is 9.18. The number of hydrogen-bond acceptors (Lipinski definition) is 2. The van der Waals surface area contributed by atoms with Crippen LogP contribution in [-0.4, -0.2) is 4.57 Å². The Hall–Kier alpha value is -7.36. The summed E-state index contributed by atoms with van der Waals surface area (Å²) in [6, 6.07) is 65.3. The molecule has 0 aliphatic carbocycles. The van der Waals surface area contributed by atoms with Crippen molar-refractivity contribution >= 4 is 76.3 Å². The van der Waals surface area contributed by atoms with Crippen molar-refractivity contribution in [3.05, 3.63) is 188 Å². The zero-order valence-electron chi connectivity index (χ0n) is 29.7. The number of benzene rings is 9. The van der Waals surface area contributed by atoms with Gasteiger partial charge in [0.25, 0.3) is 0 Å². The van der Waals surface area contributed by atoms with Crippen LogP contribution in [0.3, 0.4) is 0 Å². The standard InChI is InChI=1S/C52H31NO2/c1-3-15-32(16-4-1)44-31-54-51-40(44)30-29-39-38-24-13-26-43(50(38)55-52(39)51)48-36-21-9-7-19-34(36)47(35-20-8-10-22-37(35)48)42-25-14-28-46-49(42)41-23-11-12-27-45(41)53(46)33-17-5-2-6-18-33/h1-31H. The van der Waals surface area contributed by atoms with Gasteiger partial charge in [-0.2, -0.15) is 0 Å². The molecule has 0 N–H and O–H groups in total. The predicted octanol–water partition coefficient (Wildman–Crippen LogP) is 14.7. The van der Waals surface area contributed by atoms with Crippen LogP contribution in [0.1, 0.15) is 0 Å². The summed E-state index contributed by atoms with van der Waals surface area (Å²) in [6.45, 7) is 0. The van der Waals surface area contributed by atoms with E-state index in [4.69, 9.17) is 8.83 Å². The summed E-state index contributed by atoms with van der Waals surface area (Å²) in [4.78, 5) is 0. The number of aromatic nitrogens is 1. The molecule has 12 aromatic rings. The molecule has 12 rings (SSSR count). The van der Waals surface area contributed by atoms with Gasteiger partial charge in [-0.25, -0.2) is 0 Å². The van der Waals surface area contributed by atoms with E-state index in [0.717, 1.165) is 55.3 Å². The molecule has 55 heavy (non-hydrogen) atoms. The highest BCUT2D eigenvalue weighted by molar-refractivity contribution is 6.28. The number of para-hydroxylation sites is 3. The van der Waals surface area contributed by atoms with Crippen molar-refractivity contribution in [1.82, 2.24) is 4.57 Å². The van der Waals surface area contributed by atoms with Gasteiger partial charge in [0.2, 0.25) is 0 Å². The van der Waals surface area contributed by atoms with Crippen molar-refractivity contribution in [3.63, 3.8) is 0 Å². The molecule has 0 bridgehead atoms. The lowest BCUT2D eigenvalue weighted by molar-refractivity contribution is 0.601. The number of nitrogens with zero attached hydrogens (tertiary/aromatic N) is 1. The van der Waals surface area contributed by atoms with E-state index in [0.29, 0.717) is 0 Å². The quantitative estimate of drug-likeness (QED) is 0.171. The largest absolute Gasteiger partial charge is 0.460 e. The van der Waals surface area contributed by atoms with Gasteiger partial charge in [-0.15, -0.1) is 0 Å². The smallest absolute Gasteiger partial charge is 0.178 e. The molecule has 3 heterocycles. The lowest BCUT2D eigenvalue weighted by Gasteiger charge is -2.18. The van der Waals surface area contributed by atoms with Crippen molar-refractivity contribution in [2.75, 3.05) is 0 Å². The van der Waals surface area contributed by atoms with E-state index >= 15 is 0 Å². The number of hydrogen-bond donors (Lipinski definition) is 0. The molecule has 0 saturated carbocycles. The van der Waals surface area contributed by atoms with E-state index in [9.17, 15) is 0 Å². The third-order valence-electron chi connectivity index (χ3n) is 11.5. The minimum atomic E-state index is 0.770. The number of fused-ring (bicyclic) bond motifs is 10. The second-order valence-electron chi connectivity index (χ2n) is 14.3. The minimum absolute atomic E-state index is 0.770. The van der Waals surface area contributed by atoms with Gasteiger partial charge < -0.3 is 13.4 Å². The average Bonchev–Trinajstić information content (AvgIpc) is 3.96. The Balaban J connectivity index is 1.16. The molecule has 0 spiro atoms. The van der Waals surface area contributed by atoms with Crippen molar-refractivity contribution in [2.45, 2.75) is 0 Å². The normalized spacial score (nSPS) is 12.0. The topological polar surface area (TPSA) is 31.2 Å². The molecule has 256 valence electrons. The summed E-state index contributed by atoms with van der Waals surface area (Å²) in [5, 5.41) is 10.4. The highest BCUT2D eigenvalue weighted by Crippen LogP contribution is 2.49. The lowest BCUT2D eigenvalue weighted by atomic mass is 9.84. The fourth-order valence-electron chi connectivity index (χ4n) is 9.18. The molecule has 0 radical (unpaired) electrons. The van der Waals surface area contributed by atoms with Crippen molar-refractivity contribution in [2.24, 2.45) is 0 Å². The Morgan fingerprint density at radius 2 is 0.855 bits per heavy atom. The van der Waals surface area contributed by atoms with Crippen molar-refractivity contribution < 1.29 is 8.83 Å². The van der Waals surface area contributed by atoms with Gasteiger partial charge in [0.1, 0.15) is 5.58 Å². The third-order valence-corrected chi connectivity index (χ3v) is 11.5. The van der Waals surface area contributed by atoms with Crippen LogP contribution in [0.15, 0.2) is 197 Å². The summed E-state index contributed by atoms with van der Waals surface area (Å²) in [5.74, 6) is 0. The molecule has 0 aliphatic rings. The highest BCUT2D eigenvalue weighted by atomic mass is 16.4. The van der Waals surface area contributed by atoms with Crippen LogP contribution >= 0.6 is 0 Å². The van der Waals surface area contributed by atoms with E-state index in [1.807, 2.05) is 12.3 Å². The summed E-state index contributed by atoms with van der Waals surface area (Å²) in [7, 11) is 0. The highest BCUT2D eigenvalue weighted by Gasteiger charge is 2.24. The zero-order chi connectivity index (χ0) is 36.0. The van der Waals surface area contributed by atoms with Gasteiger partial charge in [0.05, 0.1) is 17.3 Å². The summed E-state index contributed by atoms with van der Waals surface area (Å²) in [6.07, 6.45) is 1.85. The van der Waals surface area contributed by atoms with Gasteiger partial charge in [-0.05, 0) is 74.6 Å². The number of furan rings is 2. The Kier molecular flexibility index (Phi) is 6.34. The van der Waals surface area contributed by atoms with Crippen LogP contribution in [0.4, 0.5) is 0 Å². The molecule has 9 aromatic carbocycles. The summed E-state index contributed by atoms with van der Waals surface area (Å²) >= 11 is 0. The molecule has 3 heteroatoms. The maximum absolute atomic E-state index is 6.97. The van der Waals surface area contributed by atoms with E-state index in [2.05, 4.69) is 180 Å². The maximum Gasteiger partial charge on any atom is 0.178 e. The SMILES string of the molecule is c1ccc(-c2coc3c2ccc2c4cccc(-c5c6ccccc6c(-c6cccc7c6c6ccccc6n7-c6ccccc6)c6ccccc56)c4oc23)cc1. The molecular formula is C52H31NO2. The number of rotatable bonds is 4. The van der Waals surface area contributed by atoms with Crippen LogP contribution in [0.2, 0.25) is 0 Å². The Labute approximate surface area is 315 Å². The summed E-state index contributed by atoms with van der Waals surface area (Å²) in [5.41, 5.74) is 12.8. The maximum atomic E-state index is 6.97. The Bertz CT molecular complexity index is 3420. The van der Waals surface area contributed by atoms with Crippen LogP contribution < -0.4 is 0 Å². The molecule has 3 nitrogen and oxygen atoms in total. The van der Waals surface area contributed by atoms with E-state index in [1.165, 1.54) is 60.0 Å². The Morgan fingerprint density at radius 1 is 0.327 bits per heavy atom. The molecule has 0 fully saturated rings. The molecular weight excluding hydrogens is 671 g/mol. The lowest BCUT2D eigenvalue weighted by Crippen LogP contribution is -1.94. The molecule has 0 aliphatic heterocycles. The molecule has 3 aromatic heterocycles. The first-order valence-electron chi connectivity index (χ1n) is 18.8. The summed E-state index contributed by atoms with van der Waals surface area (Å²) < 4.78 is 15.7. The predicted molar refractivity (Wildman–Crippen MR) is 229 cm³/mol. The van der Waals surface area contributed by atoms with Gasteiger partial charge in [-0.1, -0.05) is 146 Å². The van der Waals surface area contributed by atoms with Crippen LogP contribution in [0.5, 0.6) is 0 Å². The Morgan fingerprint density at radius 3 is 1.58 bits per heavy atom. The van der Waals surface area contributed by atoms with E-state index < -0.39 is 0 Å². The fraction of sp³-hybridized carbons (Fsp3) is 0. The molecule has 0 amide bonds. The third kappa shape index (κ3) is 4.26. The van der Waals surface area contributed by atoms with E-state index in [-0.39, 0.29) is 0 Å². The molecule has 0 atom stereocenters. The van der Waals surface area contributed by atoms with Crippen LogP contribution in [0, 0.1) is 0 Å². The van der Waals surface area contributed by atoms with Crippen LogP contribution in [0.25, 0.3) is 115 Å². The molecule has 0 saturated heterocycles. The van der Waals surface area contributed by atoms with Gasteiger partial charge in [0.15, 0.2) is 11.2 Å².